The van der Waals surface area contributed by atoms with Gasteiger partial charge in [-0.3, -0.25) is 4.90 Å². The highest BCUT2D eigenvalue weighted by Crippen LogP contribution is 2.25. The number of nitrogens with one attached hydrogen (secondary N) is 2. The third kappa shape index (κ3) is 7.32. The summed E-state index contributed by atoms with van der Waals surface area (Å²) in [5, 5.41) is 19.2. The fourth-order valence-corrected chi connectivity index (χ4v) is 3.51. The summed E-state index contributed by atoms with van der Waals surface area (Å²) >= 11 is 1.56. The zero-order valence-electron chi connectivity index (χ0n) is 15.5. The second-order valence-corrected chi connectivity index (χ2v) is 7.48. The molecule has 2 rings (SSSR count). The van der Waals surface area contributed by atoms with Crippen molar-refractivity contribution in [1.29, 1.82) is 0 Å². The van der Waals surface area contributed by atoms with E-state index < -0.39 is 5.60 Å². The van der Waals surface area contributed by atoms with E-state index in [1.807, 2.05) is 31.4 Å². The highest BCUT2D eigenvalue weighted by molar-refractivity contribution is 7.10. The summed E-state index contributed by atoms with van der Waals surface area (Å²) in [5.41, 5.74) is -0.924. The van der Waals surface area contributed by atoms with Crippen LogP contribution in [0, 0.1) is 0 Å². The first-order valence-electron chi connectivity index (χ1n) is 9.20. The Balaban J connectivity index is 1.70. The monoisotopic (exact) mass is 368 g/mol. The van der Waals surface area contributed by atoms with E-state index in [-0.39, 0.29) is 0 Å². The summed E-state index contributed by atoms with van der Waals surface area (Å²) < 4.78 is 5.37. The maximum atomic E-state index is 10.6. The average molecular weight is 369 g/mol. The molecule has 25 heavy (non-hydrogen) atoms. The maximum absolute atomic E-state index is 10.6. The first kappa shape index (κ1) is 20.2. The van der Waals surface area contributed by atoms with Gasteiger partial charge in [0.05, 0.1) is 19.8 Å². The van der Waals surface area contributed by atoms with Crippen molar-refractivity contribution in [3.8, 4) is 0 Å². The van der Waals surface area contributed by atoms with Crippen LogP contribution in [0.2, 0.25) is 0 Å². The number of ether oxygens (including phenoxy) is 1. The molecule has 1 aromatic rings. The molecule has 1 atom stereocenters. The van der Waals surface area contributed by atoms with Gasteiger partial charge in [-0.2, -0.15) is 0 Å². The van der Waals surface area contributed by atoms with Crippen LogP contribution >= 0.6 is 11.3 Å². The molecule has 1 saturated heterocycles. The number of morpholine rings is 1. The van der Waals surface area contributed by atoms with Gasteiger partial charge in [-0.1, -0.05) is 6.07 Å². The molecular weight excluding hydrogens is 336 g/mol. The number of nitrogens with zero attached hydrogens (tertiary/aromatic N) is 2. The summed E-state index contributed by atoms with van der Waals surface area (Å²) in [5.74, 6) is 0.769. The lowest BCUT2D eigenvalue weighted by atomic mass is 10.1. The van der Waals surface area contributed by atoms with E-state index in [2.05, 4.69) is 20.5 Å². The molecule has 2 heterocycles. The number of hydrogen-bond acceptors (Lipinski definition) is 5. The smallest absolute Gasteiger partial charge is 0.191 e. The van der Waals surface area contributed by atoms with Crippen molar-refractivity contribution in [3.63, 3.8) is 0 Å². The van der Waals surface area contributed by atoms with E-state index in [1.54, 1.807) is 11.3 Å². The highest BCUT2D eigenvalue weighted by Gasteiger charge is 2.23. The lowest BCUT2D eigenvalue weighted by Crippen LogP contribution is -2.40. The summed E-state index contributed by atoms with van der Waals surface area (Å²) in [6, 6.07) is 3.91. The van der Waals surface area contributed by atoms with Gasteiger partial charge in [0.15, 0.2) is 5.96 Å². The van der Waals surface area contributed by atoms with E-state index in [0.29, 0.717) is 6.54 Å². The lowest BCUT2D eigenvalue weighted by molar-refractivity contribution is 0.0372. The molecular formula is C18H32N4O2S. The van der Waals surface area contributed by atoms with E-state index >= 15 is 0 Å². The number of rotatable bonds is 9. The van der Waals surface area contributed by atoms with Crippen LogP contribution in [-0.2, 0) is 10.3 Å². The Kier molecular flexibility index (Phi) is 8.67. The van der Waals surface area contributed by atoms with Gasteiger partial charge in [0, 0.05) is 31.1 Å². The molecule has 0 spiro atoms. The Morgan fingerprint density at radius 2 is 2.16 bits per heavy atom. The Labute approximate surface area is 155 Å². The van der Waals surface area contributed by atoms with Crippen LogP contribution in [0.5, 0.6) is 0 Å². The standard InChI is InChI=1S/C18H32N4O2S/c1-3-19-17(21-15-18(2,23)16-7-6-14-25-16)20-8-4-5-9-22-10-12-24-13-11-22/h6-7,14,23H,3-5,8-13,15H2,1-2H3,(H2,19,20,21). The number of aliphatic hydroxyl groups is 1. The minimum absolute atomic E-state index is 0.344. The lowest BCUT2D eigenvalue weighted by Gasteiger charge is -2.26. The normalized spacial score (nSPS) is 18.8. The average Bonchev–Trinajstić information content (AvgIpc) is 3.16. The van der Waals surface area contributed by atoms with Crippen LogP contribution in [0.25, 0.3) is 0 Å². The second-order valence-electron chi connectivity index (χ2n) is 6.53. The van der Waals surface area contributed by atoms with Crippen molar-refractivity contribution < 1.29 is 9.84 Å². The van der Waals surface area contributed by atoms with Gasteiger partial charge in [-0.05, 0) is 44.7 Å². The topological polar surface area (TPSA) is 69.1 Å². The summed E-state index contributed by atoms with van der Waals surface area (Å²) in [6.07, 6.45) is 2.27. The second kappa shape index (κ2) is 10.8. The Hall–Kier alpha value is -1.15. The fourth-order valence-electron chi connectivity index (χ4n) is 2.73. The number of thiophene rings is 1. The van der Waals surface area contributed by atoms with Crippen LogP contribution in [-0.4, -0.2) is 68.4 Å². The zero-order chi connectivity index (χ0) is 18.0. The quantitative estimate of drug-likeness (QED) is 0.351. The molecule has 1 aliphatic rings. The summed E-state index contributed by atoms with van der Waals surface area (Å²) in [6.45, 7) is 10.9. The number of hydrogen-bond donors (Lipinski definition) is 3. The van der Waals surface area contributed by atoms with Gasteiger partial charge >= 0.3 is 0 Å². The third-order valence-electron chi connectivity index (χ3n) is 4.24. The van der Waals surface area contributed by atoms with E-state index in [4.69, 9.17) is 4.74 Å². The van der Waals surface area contributed by atoms with Crippen molar-refractivity contribution in [2.45, 2.75) is 32.3 Å². The Morgan fingerprint density at radius 1 is 1.36 bits per heavy atom. The van der Waals surface area contributed by atoms with Crippen LogP contribution in [0.4, 0.5) is 0 Å². The SMILES string of the molecule is CCNC(=NCC(C)(O)c1cccs1)NCCCCN1CCOCC1. The van der Waals surface area contributed by atoms with Crippen molar-refractivity contribution in [2.24, 2.45) is 4.99 Å². The third-order valence-corrected chi connectivity index (χ3v) is 5.36. The molecule has 6 nitrogen and oxygen atoms in total. The summed E-state index contributed by atoms with van der Waals surface area (Å²) in [4.78, 5) is 7.95. The van der Waals surface area contributed by atoms with Crippen molar-refractivity contribution in [2.75, 3.05) is 52.5 Å². The van der Waals surface area contributed by atoms with Crippen LogP contribution < -0.4 is 10.6 Å². The van der Waals surface area contributed by atoms with Gasteiger partial charge < -0.3 is 20.5 Å². The summed E-state index contributed by atoms with van der Waals surface area (Å²) in [7, 11) is 0. The molecule has 3 N–H and O–H groups in total. The molecule has 7 heteroatoms. The Bertz CT molecular complexity index is 499. The predicted octanol–water partition coefficient (Wildman–Crippen LogP) is 1.62. The Morgan fingerprint density at radius 3 is 2.84 bits per heavy atom. The molecule has 142 valence electrons. The van der Waals surface area contributed by atoms with Gasteiger partial charge in [0.1, 0.15) is 5.60 Å². The number of guanidine groups is 1. The van der Waals surface area contributed by atoms with Gasteiger partial charge in [0.25, 0.3) is 0 Å². The van der Waals surface area contributed by atoms with Crippen molar-refractivity contribution >= 4 is 17.3 Å². The maximum Gasteiger partial charge on any atom is 0.191 e. The van der Waals surface area contributed by atoms with Crippen molar-refractivity contribution in [1.82, 2.24) is 15.5 Å². The van der Waals surface area contributed by atoms with E-state index in [9.17, 15) is 5.11 Å². The molecule has 1 unspecified atom stereocenters. The first-order valence-corrected chi connectivity index (χ1v) is 10.1. The molecule has 0 aromatic carbocycles. The molecule has 0 bridgehead atoms. The minimum Gasteiger partial charge on any atom is -0.383 e. The predicted molar refractivity (Wildman–Crippen MR) is 104 cm³/mol. The molecule has 1 fully saturated rings. The molecule has 1 aromatic heterocycles. The molecule has 0 saturated carbocycles. The highest BCUT2D eigenvalue weighted by atomic mass is 32.1. The van der Waals surface area contributed by atoms with Crippen molar-refractivity contribution in [3.05, 3.63) is 22.4 Å². The zero-order valence-corrected chi connectivity index (χ0v) is 16.3. The van der Waals surface area contributed by atoms with Crippen LogP contribution in [0.15, 0.2) is 22.5 Å². The van der Waals surface area contributed by atoms with Crippen LogP contribution in [0.1, 0.15) is 31.6 Å². The number of unbranched alkanes of at least 4 members (excludes halogenated alkanes) is 1. The van der Waals surface area contributed by atoms with Gasteiger partial charge in [-0.15, -0.1) is 11.3 Å². The van der Waals surface area contributed by atoms with Gasteiger partial charge in [-0.25, -0.2) is 4.99 Å². The molecule has 0 aliphatic carbocycles. The fraction of sp³-hybridized carbons (Fsp3) is 0.722. The van der Waals surface area contributed by atoms with Crippen LogP contribution in [0.3, 0.4) is 0 Å². The number of aliphatic imine (C=N–C) groups is 1. The minimum atomic E-state index is -0.924. The van der Waals surface area contributed by atoms with E-state index in [0.717, 1.165) is 63.2 Å². The van der Waals surface area contributed by atoms with Gasteiger partial charge in [0.2, 0.25) is 0 Å². The molecule has 0 radical (unpaired) electrons. The first-order chi connectivity index (χ1) is 12.1. The van der Waals surface area contributed by atoms with E-state index in [1.165, 1.54) is 6.42 Å². The molecule has 1 aliphatic heterocycles. The molecule has 0 amide bonds. The largest absolute Gasteiger partial charge is 0.383 e.